The molecule has 0 aromatic carbocycles. The summed E-state index contributed by atoms with van der Waals surface area (Å²) in [4.78, 5) is 25.3. The highest BCUT2D eigenvalue weighted by molar-refractivity contribution is 5.87. The Bertz CT molecular complexity index is 381. The van der Waals surface area contributed by atoms with Crippen LogP contribution in [0.5, 0.6) is 0 Å². The standard InChI is InChI=1S/C13H22FNO5/c1-12(2,3)20-11(17)15-7-9(14)6-13(15,8-18-4)10(16)19-5/h9H,6-8H2,1-5H3/t9-,13-/m1/s1. The number of hydrogen-bond donors (Lipinski definition) is 0. The molecule has 0 aromatic heterocycles. The number of carbonyl (C=O) groups excluding carboxylic acids is 2. The van der Waals surface area contributed by atoms with Gasteiger partial charge in [-0.2, -0.15) is 0 Å². The van der Waals surface area contributed by atoms with Gasteiger partial charge in [-0.15, -0.1) is 0 Å². The molecule has 1 heterocycles. The van der Waals surface area contributed by atoms with Gasteiger partial charge in [0.25, 0.3) is 0 Å². The Labute approximate surface area is 118 Å². The Kier molecular flexibility index (Phi) is 4.96. The number of hydrogen-bond acceptors (Lipinski definition) is 5. The van der Waals surface area contributed by atoms with Crippen LogP contribution < -0.4 is 0 Å². The van der Waals surface area contributed by atoms with E-state index in [1.807, 2.05) is 0 Å². The summed E-state index contributed by atoms with van der Waals surface area (Å²) in [6.45, 7) is 4.74. The van der Waals surface area contributed by atoms with Crippen molar-refractivity contribution in [2.24, 2.45) is 0 Å². The Morgan fingerprint density at radius 3 is 2.40 bits per heavy atom. The molecule has 0 radical (unpaired) electrons. The second-order valence-electron chi connectivity index (χ2n) is 5.85. The zero-order valence-electron chi connectivity index (χ0n) is 12.6. The van der Waals surface area contributed by atoms with Gasteiger partial charge < -0.3 is 14.2 Å². The predicted molar refractivity (Wildman–Crippen MR) is 69.1 cm³/mol. The van der Waals surface area contributed by atoms with Gasteiger partial charge in [0.1, 0.15) is 11.8 Å². The molecular formula is C13H22FNO5. The Morgan fingerprint density at radius 2 is 1.95 bits per heavy atom. The second-order valence-corrected chi connectivity index (χ2v) is 5.85. The highest BCUT2D eigenvalue weighted by Crippen LogP contribution is 2.34. The maximum absolute atomic E-state index is 13.8. The van der Waals surface area contributed by atoms with Crippen LogP contribution in [0.2, 0.25) is 0 Å². The van der Waals surface area contributed by atoms with E-state index in [-0.39, 0.29) is 19.6 Å². The molecule has 116 valence electrons. The molecule has 0 saturated carbocycles. The normalized spacial score (nSPS) is 26.5. The monoisotopic (exact) mass is 291 g/mol. The number of halogens is 1. The summed E-state index contributed by atoms with van der Waals surface area (Å²) in [6, 6.07) is 0. The van der Waals surface area contributed by atoms with Gasteiger partial charge in [0, 0.05) is 13.5 Å². The summed E-state index contributed by atoms with van der Waals surface area (Å²) in [5.41, 5.74) is -2.20. The van der Waals surface area contributed by atoms with E-state index in [1.54, 1.807) is 20.8 Å². The molecule has 20 heavy (non-hydrogen) atoms. The van der Waals surface area contributed by atoms with Crippen molar-refractivity contribution in [2.45, 2.75) is 44.5 Å². The van der Waals surface area contributed by atoms with Crippen molar-refractivity contribution in [1.82, 2.24) is 4.90 Å². The molecule has 1 aliphatic rings. The topological polar surface area (TPSA) is 65.1 Å². The third-order valence-corrected chi connectivity index (χ3v) is 3.02. The van der Waals surface area contributed by atoms with Gasteiger partial charge in [-0.1, -0.05) is 0 Å². The summed E-state index contributed by atoms with van der Waals surface area (Å²) >= 11 is 0. The van der Waals surface area contributed by atoms with Gasteiger partial charge in [0.05, 0.1) is 20.3 Å². The number of nitrogens with zero attached hydrogens (tertiary/aromatic N) is 1. The Hall–Kier alpha value is -1.37. The number of ether oxygens (including phenoxy) is 3. The molecule has 0 spiro atoms. The van der Waals surface area contributed by atoms with Gasteiger partial charge in [0.2, 0.25) is 0 Å². The number of methoxy groups -OCH3 is 2. The average molecular weight is 291 g/mol. The predicted octanol–water partition coefficient (Wildman–Crippen LogP) is 1.52. The molecule has 6 nitrogen and oxygen atoms in total. The molecule has 0 aliphatic carbocycles. The lowest BCUT2D eigenvalue weighted by molar-refractivity contribution is -0.156. The lowest BCUT2D eigenvalue weighted by Gasteiger charge is -2.35. The van der Waals surface area contributed by atoms with Crippen molar-refractivity contribution in [2.75, 3.05) is 27.4 Å². The molecule has 1 saturated heterocycles. The fraction of sp³-hybridized carbons (Fsp3) is 0.846. The number of alkyl halides is 1. The summed E-state index contributed by atoms with van der Waals surface area (Å²) in [5.74, 6) is -0.703. The first-order chi connectivity index (χ1) is 9.16. The van der Waals surface area contributed by atoms with Crippen LogP contribution >= 0.6 is 0 Å². The summed E-state index contributed by atoms with van der Waals surface area (Å²) in [5, 5.41) is 0. The van der Waals surface area contributed by atoms with E-state index in [2.05, 4.69) is 0 Å². The minimum atomic E-state index is -1.47. The van der Waals surface area contributed by atoms with Crippen LogP contribution in [0.15, 0.2) is 0 Å². The number of amides is 1. The fourth-order valence-electron chi connectivity index (χ4n) is 2.30. The number of likely N-dealkylation sites (tertiary alicyclic amines) is 1. The zero-order chi connectivity index (χ0) is 15.6. The van der Waals surface area contributed by atoms with E-state index < -0.39 is 29.4 Å². The molecule has 0 unspecified atom stereocenters. The Morgan fingerprint density at radius 1 is 1.35 bits per heavy atom. The Balaban J connectivity index is 3.06. The van der Waals surface area contributed by atoms with E-state index in [9.17, 15) is 14.0 Å². The molecule has 7 heteroatoms. The molecule has 2 atom stereocenters. The lowest BCUT2D eigenvalue weighted by atomic mass is 9.97. The van der Waals surface area contributed by atoms with Crippen LogP contribution in [-0.4, -0.2) is 61.6 Å². The lowest BCUT2D eigenvalue weighted by Crippen LogP contribution is -2.57. The molecule has 1 fully saturated rings. The smallest absolute Gasteiger partial charge is 0.411 e. The first kappa shape index (κ1) is 16.7. The molecule has 1 amide bonds. The minimum absolute atomic E-state index is 0.140. The number of esters is 1. The van der Waals surface area contributed by atoms with Gasteiger partial charge in [0.15, 0.2) is 5.54 Å². The van der Waals surface area contributed by atoms with E-state index >= 15 is 0 Å². The maximum atomic E-state index is 13.8. The number of carbonyl (C=O) groups is 2. The second kappa shape index (κ2) is 5.95. The van der Waals surface area contributed by atoms with Crippen LogP contribution in [0, 0.1) is 0 Å². The zero-order valence-corrected chi connectivity index (χ0v) is 12.6. The molecule has 1 aliphatic heterocycles. The maximum Gasteiger partial charge on any atom is 0.411 e. The van der Waals surface area contributed by atoms with E-state index in [0.29, 0.717) is 0 Å². The van der Waals surface area contributed by atoms with Crippen molar-refractivity contribution < 1.29 is 28.2 Å². The summed E-state index contributed by atoms with van der Waals surface area (Å²) in [7, 11) is 2.57. The van der Waals surface area contributed by atoms with Crippen molar-refractivity contribution in [3.05, 3.63) is 0 Å². The van der Waals surface area contributed by atoms with Crippen LogP contribution in [0.1, 0.15) is 27.2 Å². The van der Waals surface area contributed by atoms with Crippen molar-refractivity contribution in [1.29, 1.82) is 0 Å². The summed E-state index contributed by atoms with van der Waals surface area (Å²) in [6.07, 6.45) is -2.23. The minimum Gasteiger partial charge on any atom is -0.467 e. The van der Waals surface area contributed by atoms with Crippen LogP contribution in [-0.2, 0) is 19.0 Å². The molecule has 0 bridgehead atoms. The average Bonchev–Trinajstić information content (AvgIpc) is 2.65. The van der Waals surface area contributed by atoms with Crippen molar-refractivity contribution in [3.8, 4) is 0 Å². The largest absolute Gasteiger partial charge is 0.467 e. The first-order valence-electron chi connectivity index (χ1n) is 6.38. The molecule has 1 rings (SSSR count). The first-order valence-corrected chi connectivity index (χ1v) is 6.38. The number of rotatable bonds is 3. The highest BCUT2D eigenvalue weighted by atomic mass is 19.1. The van der Waals surface area contributed by atoms with E-state index in [4.69, 9.17) is 14.2 Å². The third-order valence-electron chi connectivity index (χ3n) is 3.02. The van der Waals surface area contributed by atoms with E-state index in [0.717, 1.165) is 4.90 Å². The van der Waals surface area contributed by atoms with Gasteiger partial charge in [-0.3, -0.25) is 4.90 Å². The third kappa shape index (κ3) is 3.39. The highest BCUT2D eigenvalue weighted by Gasteiger charge is 2.56. The molecular weight excluding hydrogens is 269 g/mol. The van der Waals surface area contributed by atoms with Crippen molar-refractivity contribution in [3.63, 3.8) is 0 Å². The summed E-state index contributed by atoms with van der Waals surface area (Å²) < 4.78 is 28.7. The molecule has 0 aromatic rings. The van der Waals surface area contributed by atoms with Gasteiger partial charge in [-0.05, 0) is 20.8 Å². The quantitative estimate of drug-likeness (QED) is 0.738. The van der Waals surface area contributed by atoms with E-state index in [1.165, 1.54) is 14.2 Å². The SMILES string of the molecule is COC[C@@]1(C(=O)OC)C[C@@H](F)CN1C(=O)OC(C)(C)C. The fourth-order valence-corrected chi connectivity index (χ4v) is 2.30. The van der Waals surface area contributed by atoms with Crippen molar-refractivity contribution >= 4 is 12.1 Å². The molecule has 0 N–H and O–H groups in total. The van der Waals surface area contributed by atoms with Gasteiger partial charge in [-0.25, -0.2) is 14.0 Å². The van der Waals surface area contributed by atoms with Crippen LogP contribution in [0.3, 0.4) is 0 Å². The van der Waals surface area contributed by atoms with Gasteiger partial charge >= 0.3 is 12.1 Å². The van der Waals surface area contributed by atoms with Crippen LogP contribution in [0.4, 0.5) is 9.18 Å². The van der Waals surface area contributed by atoms with Crippen LogP contribution in [0.25, 0.3) is 0 Å².